The summed E-state index contributed by atoms with van der Waals surface area (Å²) < 4.78 is 0. The highest BCUT2D eigenvalue weighted by Crippen LogP contribution is 2.21. The highest BCUT2D eigenvalue weighted by molar-refractivity contribution is 5.93. The number of piperidine rings is 1. The molecule has 212 valence electrons. The second-order valence-electron chi connectivity index (χ2n) is 11.2. The van der Waals surface area contributed by atoms with Crippen molar-refractivity contribution < 1.29 is 14.4 Å². The number of nitrogens with zero attached hydrogens (tertiary/aromatic N) is 5. The molecular weight excluding hydrogens is 480 g/mol. The molecule has 1 aliphatic rings. The molecule has 1 aliphatic heterocycles. The zero-order chi connectivity index (χ0) is 29.0. The number of hydrogen-bond donors (Lipinski definition) is 1. The van der Waals surface area contributed by atoms with Crippen molar-refractivity contribution in [1.82, 2.24) is 20.0 Å². The molecule has 0 aromatic heterocycles. The maximum Gasteiger partial charge on any atom is 0.249 e. The zero-order valence-electron chi connectivity index (χ0n) is 24.7. The van der Waals surface area contributed by atoms with E-state index < -0.39 is 6.04 Å². The summed E-state index contributed by atoms with van der Waals surface area (Å²) in [5, 5.41) is 21.0. The van der Waals surface area contributed by atoms with Gasteiger partial charge < -0.3 is 15.1 Å². The van der Waals surface area contributed by atoms with Crippen LogP contribution < -0.4 is 5.32 Å². The maximum atomic E-state index is 13.7. The average Bonchev–Trinajstić information content (AvgIpc) is 2.88. The number of rotatable bonds is 13. The van der Waals surface area contributed by atoms with E-state index in [1.807, 2.05) is 39.8 Å². The average molecular weight is 529 g/mol. The summed E-state index contributed by atoms with van der Waals surface area (Å²) in [7, 11) is 1.72. The Morgan fingerprint density at radius 2 is 1.58 bits per heavy atom. The van der Waals surface area contributed by atoms with E-state index in [0.29, 0.717) is 5.57 Å². The van der Waals surface area contributed by atoms with Crippen molar-refractivity contribution in [2.45, 2.75) is 105 Å². The molecule has 0 radical (unpaired) electrons. The number of carbonyl (C=O) groups is 3. The summed E-state index contributed by atoms with van der Waals surface area (Å²) in [6.45, 7) is 15.1. The summed E-state index contributed by atoms with van der Waals surface area (Å²) in [4.78, 5) is 45.6. The zero-order valence-corrected chi connectivity index (χ0v) is 24.7. The third-order valence-corrected chi connectivity index (χ3v) is 7.25. The summed E-state index contributed by atoms with van der Waals surface area (Å²) in [6.07, 6.45) is 5.00. The normalized spacial score (nSPS) is 18.0. The standard InChI is InChI=1S/C29H48N6O3/c1-20(2)25(19-23(7)28(37)34(16-11-14-30)17-12-15-31)33(8)29(38)26(21(3)4)32-27(36)24-13-9-10-18-35(24)22(5)6/h19-22,24-26H,9-13,16-18H2,1-8H3,(H,32,36)/b23-19+/t24?,25-,26?/m1/s1. The third kappa shape index (κ3) is 9.44. The van der Waals surface area contributed by atoms with Crippen molar-refractivity contribution in [3.63, 3.8) is 0 Å². The van der Waals surface area contributed by atoms with Crippen LogP contribution in [0.2, 0.25) is 0 Å². The van der Waals surface area contributed by atoms with E-state index in [-0.39, 0.29) is 73.6 Å². The lowest BCUT2D eigenvalue weighted by Crippen LogP contribution is -2.58. The number of likely N-dealkylation sites (tertiary alicyclic amines) is 1. The van der Waals surface area contributed by atoms with Gasteiger partial charge in [0.2, 0.25) is 17.7 Å². The van der Waals surface area contributed by atoms with Crippen molar-refractivity contribution in [3.05, 3.63) is 11.6 Å². The number of nitrogens with one attached hydrogen (secondary N) is 1. The van der Waals surface area contributed by atoms with Gasteiger partial charge in [-0.1, -0.05) is 40.2 Å². The molecule has 1 heterocycles. The van der Waals surface area contributed by atoms with Crippen LogP contribution in [0.3, 0.4) is 0 Å². The van der Waals surface area contributed by atoms with E-state index in [2.05, 4.69) is 24.1 Å². The minimum Gasteiger partial charge on any atom is -0.343 e. The van der Waals surface area contributed by atoms with Gasteiger partial charge in [-0.2, -0.15) is 10.5 Å². The van der Waals surface area contributed by atoms with Crippen molar-refractivity contribution >= 4 is 17.7 Å². The van der Waals surface area contributed by atoms with Crippen LogP contribution in [0.4, 0.5) is 0 Å². The summed E-state index contributed by atoms with van der Waals surface area (Å²) >= 11 is 0. The van der Waals surface area contributed by atoms with Gasteiger partial charge in [0.25, 0.3) is 0 Å². The van der Waals surface area contributed by atoms with E-state index in [9.17, 15) is 14.4 Å². The fraction of sp³-hybridized carbons (Fsp3) is 0.759. The molecule has 0 aromatic rings. The van der Waals surface area contributed by atoms with Crippen LogP contribution in [0, 0.1) is 34.5 Å². The Morgan fingerprint density at radius 1 is 1.00 bits per heavy atom. The number of hydrogen-bond acceptors (Lipinski definition) is 6. The van der Waals surface area contributed by atoms with E-state index in [1.165, 1.54) is 4.90 Å². The monoisotopic (exact) mass is 528 g/mol. The van der Waals surface area contributed by atoms with Crippen molar-refractivity contribution in [1.29, 1.82) is 10.5 Å². The molecule has 3 amide bonds. The van der Waals surface area contributed by atoms with Crippen LogP contribution in [-0.4, -0.2) is 83.3 Å². The number of amides is 3. The van der Waals surface area contributed by atoms with Crippen LogP contribution in [0.1, 0.15) is 80.6 Å². The Kier molecular flexibility index (Phi) is 14.1. The van der Waals surface area contributed by atoms with Gasteiger partial charge in [-0.25, -0.2) is 0 Å². The molecule has 0 saturated carbocycles. The van der Waals surface area contributed by atoms with Gasteiger partial charge in [0.15, 0.2) is 0 Å². The lowest BCUT2D eigenvalue weighted by Gasteiger charge is -2.39. The Balaban J connectivity index is 3.13. The molecule has 9 nitrogen and oxygen atoms in total. The first-order valence-electron chi connectivity index (χ1n) is 13.9. The third-order valence-electron chi connectivity index (χ3n) is 7.25. The van der Waals surface area contributed by atoms with Crippen LogP contribution >= 0.6 is 0 Å². The molecule has 1 rings (SSSR count). The predicted molar refractivity (Wildman–Crippen MR) is 148 cm³/mol. The van der Waals surface area contributed by atoms with Crippen LogP contribution in [0.15, 0.2) is 11.6 Å². The van der Waals surface area contributed by atoms with Gasteiger partial charge >= 0.3 is 0 Å². The molecule has 1 saturated heterocycles. The number of likely N-dealkylation sites (N-methyl/N-ethyl adjacent to an activating group) is 1. The molecule has 9 heteroatoms. The van der Waals surface area contributed by atoms with Crippen molar-refractivity contribution in [2.24, 2.45) is 11.8 Å². The van der Waals surface area contributed by atoms with Crippen LogP contribution in [-0.2, 0) is 14.4 Å². The molecule has 0 bridgehead atoms. The molecular formula is C29H48N6O3. The van der Waals surface area contributed by atoms with Gasteiger partial charge in [-0.3, -0.25) is 19.3 Å². The summed E-state index contributed by atoms with van der Waals surface area (Å²) in [5.41, 5.74) is 0.458. The number of carbonyl (C=O) groups excluding carboxylic acids is 3. The summed E-state index contributed by atoms with van der Waals surface area (Å²) in [5.74, 6) is -0.649. The van der Waals surface area contributed by atoms with Crippen LogP contribution in [0.25, 0.3) is 0 Å². The molecule has 1 fully saturated rings. The highest BCUT2D eigenvalue weighted by Gasteiger charge is 2.36. The second kappa shape index (κ2) is 16.1. The second-order valence-corrected chi connectivity index (χ2v) is 11.2. The van der Waals surface area contributed by atoms with Gasteiger partial charge in [0.05, 0.1) is 37.1 Å². The quantitative estimate of drug-likeness (QED) is 0.366. The van der Waals surface area contributed by atoms with Crippen molar-refractivity contribution in [3.8, 4) is 12.1 Å². The maximum absolute atomic E-state index is 13.7. The molecule has 0 aromatic carbocycles. The lowest BCUT2D eigenvalue weighted by molar-refractivity contribution is -0.140. The van der Waals surface area contributed by atoms with Crippen molar-refractivity contribution in [2.75, 3.05) is 26.7 Å². The van der Waals surface area contributed by atoms with E-state index in [4.69, 9.17) is 10.5 Å². The molecule has 38 heavy (non-hydrogen) atoms. The predicted octanol–water partition coefficient (Wildman–Crippen LogP) is 3.48. The van der Waals surface area contributed by atoms with E-state index in [1.54, 1.807) is 24.9 Å². The minimum absolute atomic E-state index is 0.0108. The molecule has 0 aliphatic carbocycles. The van der Waals surface area contributed by atoms with Gasteiger partial charge in [0, 0.05) is 31.8 Å². The Hall–Kier alpha value is -2.91. The SMILES string of the molecule is C/C(=C\[C@H](C(C)C)N(C)C(=O)C(NC(=O)C1CCCCN1C(C)C)C(C)C)C(=O)N(CCC#N)CCC#N. The fourth-order valence-corrected chi connectivity index (χ4v) is 5.00. The summed E-state index contributed by atoms with van der Waals surface area (Å²) in [6, 6.07) is 3.04. The minimum atomic E-state index is -0.683. The Labute approximate surface area is 229 Å². The lowest BCUT2D eigenvalue weighted by atomic mass is 9.95. The van der Waals surface area contributed by atoms with Crippen LogP contribution in [0.5, 0.6) is 0 Å². The van der Waals surface area contributed by atoms with Gasteiger partial charge in [-0.05, 0) is 52.0 Å². The van der Waals surface area contributed by atoms with E-state index >= 15 is 0 Å². The molecule has 2 unspecified atom stereocenters. The Bertz CT molecular complexity index is 896. The highest BCUT2D eigenvalue weighted by atomic mass is 16.2. The van der Waals surface area contributed by atoms with Gasteiger partial charge in [0.1, 0.15) is 6.04 Å². The first-order chi connectivity index (χ1) is 17.9. The Morgan fingerprint density at radius 3 is 2.05 bits per heavy atom. The molecule has 3 atom stereocenters. The first kappa shape index (κ1) is 33.1. The molecule has 1 N–H and O–H groups in total. The smallest absolute Gasteiger partial charge is 0.249 e. The molecule has 0 spiro atoms. The largest absolute Gasteiger partial charge is 0.343 e. The topological polar surface area (TPSA) is 121 Å². The number of nitriles is 2. The van der Waals surface area contributed by atoms with Gasteiger partial charge in [-0.15, -0.1) is 0 Å². The fourth-order valence-electron chi connectivity index (χ4n) is 5.00. The first-order valence-corrected chi connectivity index (χ1v) is 13.9. The van der Waals surface area contributed by atoms with E-state index in [0.717, 1.165) is 25.8 Å².